The molecule has 1 saturated carbocycles. The lowest BCUT2D eigenvalue weighted by atomic mass is 10.00. The number of hydrazone groups is 1. The minimum absolute atomic E-state index is 0.0143. The van der Waals surface area contributed by atoms with E-state index in [9.17, 15) is 14.9 Å². The summed E-state index contributed by atoms with van der Waals surface area (Å²) in [6.07, 6.45) is 5.01. The van der Waals surface area contributed by atoms with Crippen molar-refractivity contribution in [2.24, 2.45) is 11.0 Å². The summed E-state index contributed by atoms with van der Waals surface area (Å²) in [5.74, 6) is 0.378. The lowest BCUT2D eigenvalue weighted by Crippen LogP contribution is -2.19. The second-order valence-electron chi connectivity index (χ2n) is 5.23. The van der Waals surface area contributed by atoms with E-state index < -0.39 is 4.92 Å². The van der Waals surface area contributed by atoms with E-state index in [2.05, 4.69) is 5.10 Å². The molecule has 6 nitrogen and oxygen atoms in total. The van der Waals surface area contributed by atoms with E-state index in [1.54, 1.807) is 12.1 Å². The van der Waals surface area contributed by atoms with Gasteiger partial charge in [-0.1, -0.05) is 12.8 Å². The van der Waals surface area contributed by atoms with E-state index in [0.717, 1.165) is 18.6 Å². The van der Waals surface area contributed by atoms with E-state index in [1.807, 2.05) is 0 Å². The van der Waals surface area contributed by atoms with Crippen LogP contribution >= 0.6 is 0 Å². The number of nitrogens with zero attached hydrogens (tertiary/aromatic N) is 3. The largest absolute Gasteiger partial charge is 0.272 e. The van der Waals surface area contributed by atoms with Crippen molar-refractivity contribution in [2.45, 2.75) is 32.1 Å². The number of non-ortho nitro benzene ring substituents is 1. The quantitative estimate of drug-likeness (QED) is 0.627. The summed E-state index contributed by atoms with van der Waals surface area (Å²) in [6, 6.07) is 5.92. The standard InChI is InChI=1S/C14H15N3O3/c18-14-9-13(10-3-1-2-4-10)15-16(14)11-5-7-12(8-6-11)17(19)20/h5-8,10H,1-4,9H2. The molecule has 1 heterocycles. The maximum absolute atomic E-state index is 12.0. The van der Waals surface area contributed by atoms with Crippen molar-refractivity contribution >= 4 is 23.0 Å². The van der Waals surface area contributed by atoms with E-state index >= 15 is 0 Å². The molecule has 20 heavy (non-hydrogen) atoms. The number of carbonyl (C=O) groups is 1. The molecule has 0 unspecified atom stereocenters. The number of amides is 1. The fourth-order valence-electron chi connectivity index (χ4n) is 2.85. The first-order valence-electron chi connectivity index (χ1n) is 6.80. The lowest BCUT2D eigenvalue weighted by Gasteiger charge is -2.11. The Kier molecular flexibility index (Phi) is 3.22. The minimum Gasteiger partial charge on any atom is -0.272 e. The van der Waals surface area contributed by atoms with Crippen LogP contribution in [-0.2, 0) is 4.79 Å². The van der Waals surface area contributed by atoms with Gasteiger partial charge in [0.2, 0.25) is 0 Å². The fraction of sp³-hybridized carbons (Fsp3) is 0.429. The number of nitro groups is 1. The van der Waals surface area contributed by atoms with Crippen LogP contribution in [-0.4, -0.2) is 16.5 Å². The predicted molar refractivity (Wildman–Crippen MR) is 74.6 cm³/mol. The van der Waals surface area contributed by atoms with E-state index in [4.69, 9.17) is 0 Å². The first-order valence-corrected chi connectivity index (χ1v) is 6.80. The molecule has 0 radical (unpaired) electrons. The van der Waals surface area contributed by atoms with Crippen LogP contribution in [0.25, 0.3) is 0 Å². The van der Waals surface area contributed by atoms with Gasteiger partial charge in [-0.05, 0) is 30.9 Å². The SMILES string of the molecule is O=C1CC(C2CCCC2)=NN1c1ccc([N+](=O)[O-])cc1. The highest BCUT2D eigenvalue weighted by molar-refractivity contribution is 6.13. The van der Waals surface area contributed by atoms with Crippen molar-refractivity contribution in [3.63, 3.8) is 0 Å². The van der Waals surface area contributed by atoms with Gasteiger partial charge in [0, 0.05) is 12.1 Å². The van der Waals surface area contributed by atoms with Crippen LogP contribution in [0, 0.1) is 16.0 Å². The van der Waals surface area contributed by atoms with Gasteiger partial charge < -0.3 is 0 Å². The van der Waals surface area contributed by atoms with Gasteiger partial charge in [-0.15, -0.1) is 0 Å². The molecular formula is C14H15N3O3. The van der Waals surface area contributed by atoms with Gasteiger partial charge in [0.05, 0.1) is 22.7 Å². The topological polar surface area (TPSA) is 75.8 Å². The fourth-order valence-corrected chi connectivity index (χ4v) is 2.85. The molecule has 0 saturated heterocycles. The minimum atomic E-state index is -0.456. The summed E-state index contributed by atoms with van der Waals surface area (Å²) in [5.41, 5.74) is 1.57. The number of hydrogen-bond donors (Lipinski definition) is 0. The molecule has 1 fully saturated rings. The third kappa shape index (κ3) is 2.29. The first-order chi connectivity index (χ1) is 9.65. The summed E-state index contributed by atoms with van der Waals surface area (Å²) in [7, 11) is 0. The first kappa shape index (κ1) is 12.8. The number of rotatable bonds is 3. The molecule has 6 heteroatoms. The average molecular weight is 273 g/mol. The second-order valence-corrected chi connectivity index (χ2v) is 5.23. The lowest BCUT2D eigenvalue weighted by molar-refractivity contribution is -0.384. The van der Waals surface area contributed by atoms with Gasteiger partial charge in [-0.2, -0.15) is 5.10 Å². The molecule has 3 rings (SSSR count). The van der Waals surface area contributed by atoms with Crippen LogP contribution in [0.5, 0.6) is 0 Å². The van der Waals surface area contributed by atoms with E-state index in [1.165, 1.54) is 30.0 Å². The Bertz CT molecular complexity index is 574. The predicted octanol–water partition coefficient (Wildman–Crippen LogP) is 2.88. The van der Waals surface area contributed by atoms with Crippen LogP contribution in [0.3, 0.4) is 0 Å². The molecule has 2 aliphatic rings. The Morgan fingerprint density at radius 3 is 2.45 bits per heavy atom. The highest BCUT2D eigenvalue weighted by Crippen LogP contribution is 2.31. The number of anilines is 1. The van der Waals surface area contributed by atoms with Crippen molar-refractivity contribution in [1.29, 1.82) is 0 Å². The zero-order valence-corrected chi connectivity index (χ0v) is 11.0. The van der Waals surface area contributed by atoms with Crippen molar-refractivity contribution in [3.05, 3.63) is 34.4 Å². The monoisotopic (exact) mass is 273 g/mol. The zero-order chi connectivity index (χ0) is 14.1. The van der Waals surface area contributed by atoms with Gasteiger partial charge in [0.15, 0.2) is 0 Å². The summed E-state index contributed by atoms with van der Waals surface area (Å²) in [5, 5.41) is 16.4. The van der Waals surface area contributed by atoms with Gasteiger partial charge in [0.25, 0.3) is 11.6 Å². The molecule has 0 N–H and O–H groups in total. The molecule has 1 aliphatic heterocycles. The highest BCUT2D eigenvalue weighted by Gasteiger charge is 2.31. The van der Waals surface area contributed by atoms with Gasteiger partial charge in [0.1, 0.15) is 0 Å². The van der Waals surface area contributed by atoms with Gasteiger partial charge in [-0.3, -0.25) is 14.9 Å². The zero-order valence-electron chi connectivity index (χ0n) is 11.0. The van der Waals surface area contributed by atoms with Crippen molar-refractivity contribution in [1.82, 2.24) is 0 Å². The van der Waals surface area contributed by atoms with E-state index in [-0.39, 0.29) is 11.6 Å². The molecule has 0 aromatic heterocycles. The molecule has 1 aromatic rings. The van der Waals surface area contributed by atoms with Crippen molar-refractivity contribution in [3.8, 4) is 0 Å². The van der Waals surface area contributed by atoms with Crippen molar-refractivity contribution < 1.29 is 9.72 Å². The van der Waals surface area contributed by atoms with Crippen LogP contribution in [0.15, 0.2) is 29.4 Å². The van der Waals surface area contributed by atoms with Crippen LogP contribution < -0.4 is 5.01 Å². The molecule has 1 amide bonds. The third-order valence-electron chi connectivity index (χ3n) is 3.93. The van der Waals surface area contributed by atoms with Gasteiger partial charge in [-0.25, -0.2) is 5.01 Å². The van der Waals surface area contributed by atoms with Crippen LogP contribution in [0.2, 0.25) is 0 Å². The summed E-state index contributed by atoms with van der Waals surface area (Å²) in [4.78, 5) is 22.2. The summed E-state index contributed by atoms with van der Waals surface area (Å²) in [6.45, 7) is 0. The Balaban J connectivity index is 1.82. The van der Waals surface area contributed by atoms with Crippen LogP contribution in [0.4, 0.5) is 11.4 Å². The van der Waals surface area contributed by atoms with E-state index in [0.29, 0.717) is 18.0 Å². The molecule has 0 bridgehead atoms. The van der Waals surface area contributed by atoms with Gasteiger partial charge >= 0.3 is 0 Å². The maximum Gasteiger partial charge on any atom is 0.269 e. The number of carbonyl (C=O) groups excluding carboxylic acids is 1. The Hall–Kier alpha value is -2.24. The number of benzene rings is 1. The smallest absolute Gasteiger partial charge is 0.269 e. The molecular weight excluding hydrogens is 258 g/mol. The summed E-state index contributed by atoms with van der Waals surface area (Å²) < 4.78 is 0. The third-order valence-corrected chi connectivity index (χ3v) is 3.93. The summed E-state index contributed by atoms with van der Waals surface area (Å²) >= 11 is 0. The molecule has 1 aromatic carbocycles. The molecule has 104 valence electrons. The Morgan fingerprint density at radius 1 is 1.20 bits per heavy atom. The normalized spacial score (nSPS) is 19.5. The molecule has 1 aliphatic carbocycles. The Morgan fingerprint density at radius 2 is 1.85 bits per heavy atom. The second kappa shape index (κ2) is 5.03. The molecule has 0 spiro atoms. The maximum atomic E-state index is 12.0. The van der Waals surface area contributed by atoms with Crippen molar-refractivity contribution in [2.75, 3.05) is 5.01 Å². The number of nitro benzene ring substituents is 1. The van der Waals surface area contributed by atoms with Crippen LogP contribution in [0.1, 0.15) is 32.1 Å². The molecule has 0 atom stereocenters. The average Bonchev–Trinajstić information content (AvgIpc) is 3.08. The Labute approximate surface area is 116 Å². The highest BCUT2D eigenvalue weighted by atomic mass is 16.6. The number of hydrogen-bond acceptors (Lipinski definition) is 4.